The van der Waals surface area contributed by atoms with Crippen molar-refractivity contribution in [3.05, 3.63) is 70.2 Å². The zero-order chi connectivity index (χ0) is 20.9. The Bertz CT molecular complexity index is 1040. The maximum atomic E-state index is 12.6. The van der Waals surface area contributed by atoms with Gasteiger partial charge in [0.15, 0.2) is 11.4 Å². The highest BCUT2D eigenvalue weighted by Crippen LogP contribution is 2.15. The summed E-state index contributed by atoms with van der Waals surface area (Å²) >= 11 is -0.975. The highest BCUT2D eigenvalue weighted by molar-refractivity contribution is 7.89. The molecule has 8 heteroatoms. The predicted octanol–water partition coefficient (Wildman–Crippen LogP) is 2.22. The van der Waals surface area contributed by atoms with Crippen LogP contribution in [0.5, 0.6) is 0 Å². The number of aromatic nitrogens is 1. The van der Waals surface area contributed by atoms with Gasteiger partial charge in [0.2, 0.25) is 0 Å². The lowest BCUT2D eigenvalue weighted by molar-refractivity contribution is 0.0952. The molecule has 1 fully saturated rings. The molecule has 2 heterocycles. The van der Waals surface area contributed by atoms with Crippen LogP contribution in [0.15, 0.2) is 57.7 Å². The number of aryl methyl sites for hydroxylation is 1. The van der Waals surface area contributed by atoms with Crippen LogP contribution in [0.2, 0.25) is 0 Å². The zero-order valence-electron chi connectivity index (χ0n) is 16.7. The molecule has 1 aliphatic rings. The first-order valence-electron chi connectivity index (χ1n) is 10.1. The van der Waals surface area contributed by atoms with Gasteiger partial charge in [-0.05, 0) is 23.8 Å². The van der Waals surface area contributed by atoms with E-state index in [4.69, 9.17) is 4.42 Å². The zero-order valence-corrected chi connectivity index (χ0v) is 17.5. The van der Waals surface area contributed by atoms with Gasteiger partial charge in [-0.2, -0.15) is 0 Å². The van der Waals surface area contributed by atoms with Gasteiger partial charge < -0.3 is 8.97 Å². The Hall–Kier alpha value is -2.39. The lowest BCUT2D eigenvalue weighted by Gasteiger charge is -2.34. The number of rotatable bonds is 8. The molecule has 1 N–H and O–H groups in total. The molecule has 0 aliphatic carbocycles. The number of oxazole rings is 1. The Kier molecular flexibility index (Phi) is 6.69. The van der Waals surface area contributed by atoms with Gasteiger partial charge in [-0.15, -0.1) is 4.31 Å². The van der Waals surface area contributed by atoms with Crippen molar-refractivity contribution in [3.63, 3.8) is 0 Å². The third kappa shape index (κ3) is 5.20. The van der Waals surface area contributed by atoms with Crippen LogP contribution in [-0.4, -0.2) is 63.0 Å². The largest absolute Gasteiger partial charge is 0.598 e. The van der Waals surface area contributed by atoms with E-state index in [0.29, 0.717) is 35.4 Å². The van der Waals surface area contributed by atoms with Gasteiger partial charge in [0.25, 0.3) is 0 Å². The number of benzene rings is 2. The van der Waals surface area contributed by atoms with Crippen molar-refractivity contribution in [2.45, 2.75) is 12.8 Å². The molecule has 0 saturated carbocycles. The summed E-state index contributed by atoms with van der Waals surface area (Å²) in [5.74, 6) is 0.142. The molecule has 0 bridgehead atoms. The fourth-order valence-corrected chi connectivity index (χ4v) is 4.90. The summed E-state index contributed by atoms with van der Waals surface area (Å²) in [4.78, 5) is 28.6. The van der Waals surface area contributed by atoms with Gasteiger partial charge in [0, 0.05) is 49.4 Å². The monoisotopic (exact) mass is 427 g/mol. The minimum absolute atomic E-state index is 0.0228. The Morgan fingerprint density at radius 1 is 1.10 bits per heavy atom. The number of aromatic amines is 1. The van der Waals surface area contributed by atoms with E-state index in [1.54, 1.807) is 18.2 Å². The number of ketones is 1. The van der Waals surface area contributed by atoms with Crippen molar-refractivity contribution in [2.24, 2.45) is 0 Å². The molecule has 0 amide bonds. The quantitative estimate of drug-likeness (QED) is 0.438. The van der Waals surface area contributed by atoms with Crippen molar-refractivity contribution in [3.8, 4) is 0 Å². The highest BCUT2D eigenvalue weighted by atomic mass is 32.2. The van der Waals surface area contributed by atoms with Crippen LogP contribution in [0.25, 0.3) is 11.1 Å². The fraction of sp³-hybridized carbons (Fsp3) is 0.364. The molecule has 7 nitrogen and oxygen atoms in total. The van der Waals surface area contributed by atoms with E-state index in [1.165, 1.54) is 5.56 Å². The normalized spacial score (nSPS) is 16.7. The number of carbonyl (C=O) groups is 1. The molecule has 1 unspecified atom stereocenters. The van der Waals surface area contributed by atoms with Crippen molar-refractivity contribution in [1.29, 1.82) is 0 Å². The van der Waals surface area contributed by atoms with Crippen molar-refractivity contribution < 1.29 is 13.8 Å². The van der Waals surface area contributed by atoms with E-state index in [2.05, 4.69) is 22.0 Å². The number of nitrogens with one attached hydrogen (secondary N) is 1. The number of piperazine rings is 1. The van der Waals surface area contributed by atoms with Crippen molar-refractivity contribution in [2.75, 3.05) is 38.5 Å². The predicted molar refractivity (Wildman–Crippen MR) is 117 cm³/mol. The second-order valence-corrected chi connectivity index (χ2v) is 9.00. The second kappa shape index (κ2) is 9.61. The van der Waals surface area contributed by atoms with Crippen LogP contribution >= 0.6 is 0 Å². The second-order valence-electron chi connectivity index (χ2n) is 7.43. The smallest absolute Gasteiger partial charge is 0.417 e. The molecule has 0 spiro atoms. The minimum atomic E-state index is -0.975. The van der Waals surface area contributed by atoms with E-state index >= 15 is 0 Å². The molecule has 158 valence electrons. The van der Waals surface area contributed by atoms with Crippen molar-refractivity contribution in [1.82, 2.24) is 14.2 Å². The number of hydrogen-bond donors (Lipinski definition) is 1. The Balaban J connectivity index is 1.21. The van der Waals surface area contributed by atoms with E-state index in [1.807, 2.05) is 22.5 Å². The van der Waals surface area contributed by atoms with E-state index in [0.717, 1.165) is 32.6 Å². The molecule has 3 aromatic rings. The molecule has 1 aromatic heterocycles. The number of fused-ring (bicyclic) bond motifs is 1. The first-order chi connectivity index (χ1) is 14.6. The summed E-state index contributed by atoms with van der Waals surface area (Å²) in [5.41, 5.74) is 2.75. The van der Waals surface area contributed by atoms with Crippen LogP contribution in [0.3, 0.4) is 0 Å². The molecular weight excluding hydrogens is 402 g/mol. The van der Waals surface area contributed by atoms with Gasteiger partial charge in [0.1, 0.15) is 5.75 Å². The van der Waals surface area contributed by atoms with Gasteiger partial charge >= 0.3 is 5.76 Å². The maximum Gasteiger partial charge on any atom is 0.417 e. The lowest BCUT2D eigenvalue weighted by atomic mass is 10.1. The lowest BCUT2D eigenvalue weighted by Crippen LogP contribution is -2.49. The van der Waals surface area contributed by atoms with Crippen LogP contribution in [-0.2, 0) is 17.8 Å². The number of carbonyl (C=O) groups excluding carboxylic acids is 1. The SMILES string of the molecule is O=C(CCN1CCN([S+]([O-])CCc2ccccc2)CC1)c1ccc2[nH]c(=O)oc2c1. The topological polar surface area (TPSA) is 92.6 Å². The van der Waals surface area contributed by atoms with Gasteiger partial charge in [-0.3, -0.25) is 14.7 Å². The summed E-state index contributed by atoms with van der Waals surface area (Å²) in [6.07, 6.45) is 1.21. The Morgan fingerprint density at radius 2 is 1.87 bits per heavy atom. The average Bonchev–Trinajstić information content (AvgIpc) is 3.16. The fourth-order valence-electron chi connectivity index (χ4n) is 3.66. The number of H-pyrrole nitrogens is 1. The van der Waals surface area contributed by atoms with Crippen LogP contribution in [0.4, 0.5) is 0 Å². The molecule has 1 aliphatic heterocycles. The van der Waals surface area contributed by atoms with E-state index < -0.39 is 17.1 Å². The molecule has 0 radical (unpaired) electrons. The molecular formula is C22H25N3O4S. The number of Topliss-reactive ketones (excluding diaryl/α,β-unsaturated/α-hetero) is 1. The van der Waals surface area contributed by atoms with Crippen LogP contribution in [0, 0.1) is 0 Å². The first-order valence-corrected chi connectivity index (χ1v) is 11.4. The Morgan fingerprint density at radius 3 is 2.63 bits per heavy atom. The summed E-state index contributed by atoms with van der Waals surface area (Å²) < 4.78 is 19.6. The molecule has 2 aromatic carbocycles. The average molecular weight is 428 g/mol. The standard InChI is InChI=1S/C22H25N3O4S/c26-20(18-6-7-19-21(16-18)29-22(27)23-19)8-10-24-11-13-25(14-12-24)30(28)15-9-17-4-2-1-3-5-17/h1-7,16H,8-15H2,(H,23,27). The van der Waals surface area contributed by atoms with Crippen molar-refractivity contribution >= 4 is 28.2 Å². The van der Waals surface area contributed by atoms with Crippen LogP contribution in [0.1, 0.15) is 22.3 Å². The van der Waals surface area contributed by atoms with Gasteiger partial charge in [-0.1, -0.05) is 30.3 Å². The highest BCUT2D eigenvalue weighted by Gasteiger charge is 2.25. The molecule has 30 heavy (non-hydrogen) atoms. The van der Waals surface area contributed by atoms with Crippen LogP contribution < -0.4 is 5.76 Å². The maximum absolute atomic E-state index is 12.6. The summed E-state index contributed by atoms with van der Waals surface area (Å²) in [6, 6.07) is 15.1. The molecule has 1 atom stereocenters. The molecule has 4 rings (SSSR count). The third-order valence-electron chi connectivity index (χ3n) is 5.43. The Labute approximate surface area is 178 Å². The third-order valence-corrected chi connectivity index (χ3v) is 6.92. The summed E-state index contributed by atoms with van der Waals surface area (Å²) in [7, 11) is 0. The molecule has 1 saturated heterocycles. The van der Waals surface area contributed by atoms with E-state index in [9.17, 15) is 14.1 Å². The first kappa shape index (κ1) is 20.9. The van der Waals surface area contributed by atoms with E-state index in [-0.39, 0.29) is 5.78 Å². The number of nitrogens with zero attached hydrogens (tertiary/aromatic N) is 2. The van der Waals surface area contributed by atoms with Gasteiger partial charge in [0.05, 0.1) is 18.6 Å². The summed E-state index contributed by atoms with van der Waals surface area (Å²) in [6.45, 7) is 3.76. The van der Waals surface area contributed by atoms with Gasteiger partial charge in [-0.25, -0.2) is 4.79 Å². The number of hydrogen-bond acceptors (Lipinski definition) is 6. The minimum Gasteiger partial charge on any atom is -0.598 e. The summed E-state index contributed by atoms with van der Waals surface area (Å²) in [5, 5.41) is 0.